The molecule has 0 saturated carbocycles. The second-order valence-corrected chi connectivity index (χ2v) is 5.04. The Balaban J connectivity index is 2.29. The number of nitrogens with one attached hydrogen (secondary N) is 1. The molecule has 2 aromatic rings. The van der Waals surface area contributed by atoms with E-state index in [1.807, 2.05) is 0 Å². The molecule has 1 N–H and O–H groups in total. The van der Waals surface area contributed by atoms with Gasteiger partial charge in [0.2, 0.25) is 5.91 Å². The molecule has 0 aliphatic carbocycles. The standard InChI is InChI=1S/C13H10F4N4O/c1-6-4-9(22)18-19-11(6)10-8-3-2-7(14)5-21(8)20-12(10)13(15,16)17/h2-3,5-6H,4H2,1H3,(H,18,22). The van der Waals surface area contributed by atoms with Gasteiger partial charge in [0.15, 0.2) is 5.69 Å². The third-order valence-corrected chi connectivity index (χ3v) is 3.38. The first kappa shape index (κ1) is 14.5. The number of hydrogen-bond acceptors (Lipinski definition) is 3. The summed E-state index contributed by atoms with van der Waals surface area (Å²) >= 11 is 0. The van der Waals surface area contributed by atoms with Gasteiger partial charge in [-0.1, -0.05) is 6.92 Å². The van der Waals surface area contributed by atoms with E-state index in [-0.39, 0.29) is 29.1 Å². The lowest BCUT2D eigenvalue weighted by Crippen LogP contribution is -2.32. The minimum absolute atomic E-state index is 0.0225. The van der Waals surface area contributed by atoms with Gasteiger partial charge in [-0.3, -0.25) is 4.79 Å². The van der Waals surface area contributed by atoms with Gasteiger partial charge in [0.05, 0.1) is 23.0 Å². The minimum Gasteiger partial charge on any atom is -0.273 e. The van der Waals surface area contributed by atoms with Crippen LogP contribution in [0.15, 0.2) is 23.4 Å². The van der Waals surface area contributed by atoms with Crippen molar-refractivity contribution < 1.29 is 22.4 Å². The molecule has 1 aliphatic rings. The van der Waals surface area contributed by atoms with E-state index in [0.717, 1.165) is 16.8 Å². The highest BCUT2D eigenvalue weighted by atomic mass is 19.4. The predicted octanol–water partition coefficient (Wildman–Crippen LogP) is 2.35. The van der Waals surface area contributed by atoms with Gasteiger partial charge in [-0.05, 0) is 12.1 Å². The average Bonchev–Trinajstić information content (AvgIpc) is 2.77. The zero-order valence-corrected chi connectivity index (χ0v) is 11.3. The Morgan fingerprint density at radius 1 is 1.36 bits per heavy atom. The summed E-state index contributed by atoms with van der Waals surface area (Å²) in [6, 6.07) is 2.26. The fraction of sp³-hybridized carbons (Fsp3) is 0.308. The quantitative estimate of drug-likeness (QED) is 0.822. The number of fused-ring (bicyclic) bond motifs is 1. The van der Waals surface area contributed by atoms with E-state index in [9.17, 15) is 22.4 Å². The summed E-state index contributed by atoms with van der Waals surface area (Å²) in [6.07, 6.45) is -3.84. The van der Waals surface area contributed by atoms with E-state index in [0.29, 0.717) is 0 Å². The maximum Gasteiger partial charge on any atom is 0.435 e. The van der Waals surface area contributed by atoms with Gasteiger partial charge in [-0.2, -0.15) is 23.4 Å². The van der Waals surface area contributed by atoms with Gasteiger partial charge in [0.1, 0.15) is 5.82 Å². The molecule has 3 rings (SSSR count). The number of nitrogens with zero attached hydrogens (tertiary/aromatic N) is 3. The summed E-state index contributed by atoms with van der Waals surface area (Å²) in [5, 5.41) is 7.18. The van der Waals surface area contributed by atoms with Crippen LogP contribution in [0, 0.1) is 11.7 Å². The van der Waals surface area contributed by atoms with Crippen molar-refractivity contribution in [1.29, 1.82) is 0 Å². The molecule has 0 spiro atoms. The number of hydrogen-bond donors (Lipinski definition) is 1. The second kappa shape index (κ2) is 4.79. The van der Waals surface area contributed by atoms with Gasteiger partial charge in [0, 0.05) is 12.3 Å². The number of rotatable bonds is 1. The number of halogens is 4. The van der Waals surface area contributed by atoms with E-state index in [4.69, 9.17) is 0 Å². The summed E-state index contributed by atoms with van der Waals surface area (Å²) in [5.74, 6) is -1.58. The Morgan fingerprint density at radius 2 is 2.09 bits per heavy atom. The summed E-state index contributed by atoms with van der Waals surface area (Å²) < 4.78 is 53.7. The highest BCUT2D eigenvalue weighted by Gasteiger charge is 2.41. The SMILES string of the molecule is CC1CC(=O)NN=C1c1c(C(F)(F)F)nn2cc(F)ccc12. The smallest absolute Gasteiger partial charge is 0.273 e. The van der Waals surface area contributed by atoms with Gasteiger partial charge in [-0.15, -0.1) is 0 Å². The summed E-state index contributed by atoms with van der Waals surface area (Å²) in [6.45, 7) is 1.60. The topological polar surface area (TPSA) is 58.8 Å². The van der Waals surface area contributed by atoms with Crippen molar-refractivity contribution in [3.63, 3.8) is 0 Å². The van der Waals surface area contributed by atoms with Crippen molar-refractivity contribution >= 4 is 17.1 Å². The highest BCUT2D eigenvalue weighted by molar-refractivity contribution is 6.11. The lowest BCUT2D eigenvalue weighted by atomic mass is 9.93. The van der Waals surface area contributed by atoms with Gasteiger partial charge >= 0.3 is 6.18 Å². The third-order valence-electron chi connectivity index (χ3n) is 3.38. The molecule has 1 atom stereocenters. The third kappa shape index (κ3) is 2.32. The molecule has 22 heavy (non-hydrogen) atoms. The number of carbonyl (C=O) groups excluding carboxylic acids is 1. The molecule has 1 aliphatic heterocycles. The van der Waals surface area contributed by atoms with E-state index in [1.54, 1.807) is 6.92 Å². The number of pyridine rings is 1. The lowest BCUT2D eigenvalue weighted by Gasteiger charge is -2.19. The highest BCUT2D eigenvalue weighted by Crippen LogP contribution is 2.35. The molecule has 0 saturated heterocycles. The number of amides is 1. The van der Waals surface area contributed by atoms with Crippen LogP contribution in [0.2, 0.25) is 0 Å². The van der Waals surface area contributed by atoms with Crippen LogP contribution in [0.4, 0.5) is 17.6 Å². The number of hydrazone groups is 1. The predicted molar refractivity (Wildman–Crippen MR) is 68.6 cm³/mol. The molecule has 9 heteroatoms. The van der Waals surface area contributed by atoms with Crippen LogP contribution in [0.1, 0.15) is 24.6 Å². The van der Waals surface area contributed by atoms with E-state index in [1.165, 1.54) is 6.07 Å². The molecule has 0 radical (unpaired) electrons. The molecule has 1 amide bonds. The van der Waals surface area contributed by atoms with Crippen LogP contribution >= 0.6 is 0 Å². The summed E-state index contributed by atoms with van der Waals surface area (Å²) in [4.78, 5) is 11.3. The number of aromatic nitrogens is 2. The van der Waals surface area contributed by atoms with Crippen molar-refractivity contribution in [2.45, 2.75) is 19.5 Å². The van der Waals surface area contributed by atoms with Crippen LogP contribution < -0.4 is 5.43 Å². The maximum absolute atomic E-state index is 13.2. The fourth-order valence-corrected chi connectivity index (χ4v) is 2.43. The summed E-state index contributed by atoms with van der Waals surface area (Å²) in [5.41, 5.74) is 0.944. The Morgan fingerprint density at radius 3 is 2.73 bits per heavy atom. The zero-order valence-electron chi connectivity index (χ0n) is 11.3. The lowest BCUT2D eigenvalue weighted by molar-refractivity contribution is -0.141. The molecule has 3 heterocycles. The van der Waals surface area contributed by atoms with Gasteiger partial charge in [0.25, 0.3) is 0 Å². The normalized spacial score (nSPS) is 19.2. The Labute approximate surface area is 121 Å². The zero-order chi connectivity index (χ0) is 16.1. The Kier molecular flexibility index (Phi) is 3.15. The van der Waals surface area contributed by atoms with Crippen molar-refractivity contribution in [2.24, 2.45) is 11.0 Å². The minimum atomic E-state index is -4.72. The molecule has 5 nitrogen and oxygen atoms in total. The van der Waals surface area contributed by atoms with E-state index < -0.39 is 23.6 Å². The monoisotopic (exact) mass is 314 g/mol. The van der Waals surface area contributed by atoms with Crippen LogP contribution in [0.25, 0.3) is 5.52 Å². The van der Waals surface area contributed by atoms with E-state index in [2.05, 4.69) is 15.6 Å². The Bertz CT molecular complexity index is 793. The first-order chi connectivity index (χ1) is 10.3. The molecular weight excluding hydrogens is 304 g/mol. The fourth-order valence-electron chi connectivity index (χ4n) is 2.43. The van der Waals surface area contributed by atoms with Crippen molar-refractivity contribution in [1.82, 2.24) is 15.0 Å². The molecule has 116 valence electrons. The van der Waals surface area contributed by atoms with Crippen molar-refractivity contribution in [3.8, 4) is 0 Å². The number of carbonyl (C=O) groups is 1. The molecule has 0 bridgehead atoms. The molecule has 2 aromatic heterocycles. The summed E-state index contributed by atoms with van der Waals surface area (Å²) in [7, 11) is 0. The number of alkyl halides is 3. The first-order valence-corrected chi connectivity index (χ1v) is 6.39. The molecule has 0 aromatic carbocycles. The van der Waals surface area contributed by atoms with Crippen molar-refractivity contribution in [3.05, 3.63) is 35.4 Å². The van der Waals surface area contributed by atoms with Crippen LogP contribution in [0.5, 0.6) is 0 Å². The second-order valence-electron chi connectivity index (χ2n) is 5.04. The van der Waals surface area contributed by atoms with Crippen LogP contribution in [0.3, 0.4) is 0 Å². The van der Waals surface area contributed by atoms with Gasteiger partial charge < -0.3 is 0 Å². The van der Waals surface area contributed by atoms with E-state index >= 15 is 0 Å². The van der Waals surface area contributed by atoms with Crippen LogP contribution in [-0.2, 0) is 11.0 Å². The average molecular weight is 314 g/mol. The maximum atomic E-state index is 13.2. The Hall–Kier alpha value is -2.45. The largest absolute Gasteiger partial charge is 0.435 e. The van der Waals surface area contributed by atoms with Crippen LogP contribution in [-0.4, -0.2) is 21.2 Å². The molecular formula is C13H10F4N4O. The first-order valence-electron chi connectivity index (χ1n) is 6.39. The molecule has 0 fully saturated rings. The van der Waals surface area contributed by atoms with Gasteiger partial charge in [-0.25, -0.2) is 14.3 Å². The molecule has 1 unspecified atom stereocenters. The van der Waals surface area contributed by atoms with Crippen molar-refractivity contribution in [2.75, 3.05) is 0 Å².